The van der Waals surface area contributed by atoms with Crippen LogP contribution in [-0.4, -0.2) is 11.1 Å². The van der Waals surface area contributed by atoms with Gasteiger partial charge in [0.1, 0.15) is 0 Å². The summed E-state index contributed by atoms with van der Waals surface area (Å²) in [7, 11) is 0. The Balaban J connectivity index is 1.62. The largest absolute Gasteiger partial charge is 0.478 e. The molecule has 3 nitrogen and oxygen atoms in total. The molecule has 0 spiro atoms. The molecule has 1 aliphatic heterocycles. The van der Waals surface area contributed by atoms with Crippen molar-refractivity contribution in [1.82, 2.24) is 0 Å². The van der Waals surface area contributed by atoms with Crippen LogP contribution in [0.5, 0.6) is 0 Å². The molecule has 2 N–H and O–H groups in total. The molecule has 2 aliphatic carbocycles. The van der Waals surface area contributed by atoms with Crippen molar-refractivity contribution in [3.8, 4) is 0 Å². The summed E-state index contributed by atoms with van der Waals surface area (Å²) >= 11 is 0. The number of fused-ring (bicyclic) bond motifs is 7. The number of carbonyl (C=O) groups is 1. The van der Waals surface area contributed by atoms with Crippen LogP contribution in [-0.2, 0) is 0 Å². The maximum atomic E-state index is 11.8. The Morgan fingerprint density at radius 1 is 1.07 bits per heavy atom. The van der Waals surface area contributed by atoms with Gasteiger partial charge in [0.05, 0.1) is 17.3 Å². The predicted octanol–water partition coefficient (Wildman–Crippen LogP) is 5.80. The first-order valence-electron chi connectivity index (χ1n) is 10.3. The zero-order chi connectivity index (χ0) is 18.7. The molecule has 5 atom stereocenters. The average Bonchev–Trinajstić information content (AvgIpc) is 3.29. The van der Waals surface area contributed by atoms with Gasteiger partial charge in [0.15, 0.2) is 0 Å². The number of benzene rings is 2. The molecule has 0 aromatic heterocycles. The zero-order valence-electron chi connectivity index (χ0n) is 16.0. The average molecular weight is 361 g/mol. The highest BCUT2D eigenvalue weighted by molar-refractivity contribution is 5.95. The van der Waals surface area contributed by atoms with Crippen LogP contribution in [0.1, 0.15) is 78.0 Å². The van der Waals surface area contributed by atoms with Gasteiger partial charge in [-0.3, -0.25) is 0 Å². The van der Waals surface area contributed by atoms with Crippen LogP contribution in [0.4, 0.5) is 5.69 Å². The molecule has 2 aromatic carbocycles. The van der Waals surface area contributed by atoms with Crippen molar-refractivity contribution in [1.29, 1.82) is 0 Å². The second-order valence-corrected chi connectivity index (χ2v) is 8.95. The van der Waals surface area contributed by atoms with E-state index in [0.29, 0.717) is 29.2 Å². The summed E-state index contributed by atoms with van der Waals surface area (Å²) in [5.41, 5.74) is 5.16. The van der Waals surface area contributed by atoms with Crippen LogP contribution in [0.2, 0.25) is 0 Å². The third-order valence-corrected chi connectivity index (χ3v) is 7.31. The van der Waals surface area contributed by atoms with E-state index < -0.39 is 5.97 Å². The fraction of sp³-hybridized carbons (Fsp3) is 0.458. The number of carboxylic acid groups (broad SMARTS) is 1. The summed E-state index contributed by atoms with van der Waals surface area (Å²) in [4.78, 5) is 11.8. The monoisotopic (exact) mass is 361 g/mol. The van der Waals surface area contributed by atoms with Gasteiger partial charge in [0.2, 0.25) is 0 Å². The van der Waals surface area contributed by atoms with Gasteiger partial charge >= 0.3 is 5.97 Å². The molecular formula is C24H27NO2. The van der Waals surface area contributed by atoms with Crippen molar-refractivity contribution in [2.45, 2.75) is 51.0 Å². The molecule has 1 heterocycles. The van der Waals surface area contributed by atoms with Gasteiger partial charge in [-0.2, -0.15) is 0 Å². The van der Waals surface area contributed by atoms with Crippen molar-refractivity contribution in [3.05, 3.63) is 64.7 Å². The van der Waals surface area contributed by atoms with E-state index in [1.807, 2.05) is 6.07 Å². The molecule has 2 saturated carbocycles. The van der Waals surface area contributed by atoms with E-state index in [0.717, 1.165) is 11.6 Å². The lowest BCUT2D eigenvalue weighted by atomic mass is 9.67. The van der Waals surface area contributed by atoms with Crippen LogP contribution in [0, 0.1) is 17.8 Å². The second kappa shape index (κ2) is 6.12. The standard InChI is InChI=1S/C24H27NO2/c1-13(2)14-6-8-15(9-7-14)22-21-17-11-10-16(12-17)20(21)18-4-3-5-19(24(26)27)23(18)25-22/h3-9,13,16-17,20-22,25H,10-12H2,1-2H3,(H,26,27)/t16-,17+,20+,21+,22-/m0/s1. The highest BCUT2D eigenvalue weighted by atomic mass is 16.4. The Kier molecular flexibility index (Phi) is 3.82. The van der Waals surface area contributed by atoms with Crippen molar-refractivity contribution in [2.24, 2.45) is 17.8 Å². The van der Waals surface area contributed by atoms with Gasteiger partial charge in [0.25, 0.3) is 0 Å². The quantitative estimate of drug-likeness (QED) is 0.726. The number of nitrogens with one attached hydrogen (secondary N) is 1. The van der Waals surface area contributed by atoms with E-state index in [4.69, 9.17) is 0 Å². The molecule has 2 aromatic rings. The number of rotatable bonds is 3. The Morgan fingerprint density at radius 2 is 1.81 bits per heavy atom. The lowest BCUT2D eigenvalue weighted by molar-refractivity contribution is 0.0697. The number of anilines is 1. The molecule has 3 aliphatic rings. The Hall–Kier alpha value is -2.29. The Bertz CT molecular complexity index is 886. The van der Waals surface area contributed by atoms with Crippen LogP contribution >= 0.6 is 0 Å². The third-order valence-electron chi connectivity index (χ3n) is 7.31. The molecule has 2 bridgehead atoms. The predicted molar refractivity (Wildman–Crippen MR) is 107 cm³/mol. The minimum atomic E-state index is -0.838. The van der Waals surface area contributed by atoms with Crippen molar-refractivity contribution in [3.63, 3.8) is 0 Å². The third kappa shape index (κ3) is 2.51. The molecule has 0 unspecified atom stereocenters. The number of para-hydroxylation sites is 1. The fourth-order valence-corrected chi connectivity index (χ4v) is 6.11. The topological polar surface area (TPSA) is 49.3 Å². The van der Waals surface area contributed by atoms with Gasteiger partial charge in [-0.1, -0.05) is 50.2 Å². The summed E-state index contributed by atoms with van der Waals surface area (Å²) in [6.07, 6.45) is 3.91. The van der Waals surface area contributed by atoms with E-state index in [2.05, 4.69) is 49.5 Å². The first-order chi connectivity index (χ1) is 13.0. The van der Waals surface area contributed by atoms with E-state index in [1.54, 1.807) is 6.07 Å². The molecule has 0 saturated heterocycles. The molecule has 140 valence electrons. The molecule has 0 radical (unpaired) electrons. The lowest BCUT2D eigenvalue weighted by Crippen LogP contribution is -2.36. The minimum Gasteiger partial charge on any atom is -0.478 e. The summed E-state index contributed by atoms with van der Waals surface area (Å²) in [6, 6.07) is 15.0. The molecule has 27 heavy (non-hydrogen) atoms. The highest BCUT2D eigenvalue weighted by Crippen LogP contribution is 2.64. The maximum Gasteiger partial charge on any atom is 0.337 e. The number of aromatic carboxylic acids is 1. The van der Waals surface area contributed by atoms with Gasteiger partial charge in [-0.25, -0.2) is 4.79 Å². The van der Waals surface area contributed by atoms with Crippen molar-refractivity contribution >= 4 is 11.7 Å². The number of carboxylic acids is 1. The Morgan fingerprint density at radius 3 is 2.52 bits per heavy atom. The van der Waals surface area contributed by atoms with E-state index >= 15 is 0 Å². The van der Waals surface area contributed by atoms with Gasteiger partial charge in [-0.15, -0.1) is 0 Å². The van der Waals surface area contributed by atoms with Gasteiger partial charge < -0.3 is 10.4 Å². The summed E-state index contributed by atoms with van der Waals surface area (Å²) in [6.45, 7) is 4.43. The molecule has 2 fully saturated rings. The SMILES string of the molecule is CC(C)c1ccc([C@@H]2Nc3c(C(=O)O)cccc3[C@H]3[C@H]4CC[C@H](C4)[C@H]32)cc1. The second-order valence-electron chi connectivity index (χ2n) is 8.95. The van der Waals surface area contributed by atoms with Crippen LogP contribution in [0.25, 0.3) is 0 Å². The molecular weight excluding hydrogens is 334 g/mol. The number of hydrogen-bond donors (Lipinski definition) is 2. The maximum absolute atomic E-state index is 11.8. The summed E-state index contributed by atoms with van der Waals surface area (Å²) in [5, 5.41) is 13.4. The van der Waals surface area contributed by atoms with Crippen LogP contribution in [0.3, 0.4) is 0 Å². The van der Waals surface area contributed by atoms with Crippen LogP contribution in [0.15, 0.2) is 42.5 Å². The molecule has 3 heteroatoms. The van der Waals surface area contributed by atoms with E-state index in [1.165, 1.54) is 36.0 Å². The Labute approximate surface area is 160 Å². The van der Waals surface area contributed by atoms with Gasteiger partial charge in [-0.05, 0) is 71.6 Å². The van der Waals surface area contributed by atoms with E-state index in [9.17, 15) is 9.90 Å². The van der Waals surface area contributed by atoms with Crippen molar-refractivity contribution in [2.75, 3.05) is 5.32 Å². The first kappa shape index (κ1) is 16.9. The first-order valence-corrected chi connectivity index (χ1v) is 10.3. The highest BCUT2D eigenvalue weighted by Gasteiger charge is 2.54. The van der Waals surface area contributed by atoms with Crippen molar-refractivity contribution < 1.29 is 9.90 Å². The van der Waals surface area contributed by atoms with E-state index in [-0.39, 0.29) is 6.04 Å². The molecule has 5 rings (SSSR count). The number of hydrogen-bond acceptors (Lipinski definition) is 2. The van der Waals surface area contributed by atoms with Gasteiger partial charge in [0, 0.05) is 0 Å². The molecule has 0 amide bonds. The smallest absolute Gasteiger partial charge is 0.337 e. The normalized spacial score (nSPS) is 30.7. The minimum absolute atomic E-state index is 0.208. The zero-order valence-corrected chi connectivity index (χ0v) is 16.0. The fourth-order valence-electron chi connectivity index (χ4n) is 6.11. The summed E-state index contributed by atoms with van der Waals surface area (Å²) < 4.78 is 0. The van der Waals surface area contributed by atoms with Crippen LogP contribution < -0.4 is 5.32 Å². The lowest BCUT2D eigenvalue weighted by Gasteiger charge is -2.44. The summed E-state index contributed by atoms with van der Waals surface area (Å²) in [5.74, 6) is 2.22.